The molecule has 26 heavy (non-hydrogen) atoms. The fourth-order valence-corrected chi connectivity index (χ4v) is 4.59. The first kappa shape index (κ1) is 16.9. The first-order chi connectivity index (χ1) is 12.8. The van der Waals surface area contributed by atoms with Crippen LogP contribution in [0.25, 0.3) is 0 Å². The van der Waals surface area contributed by atoms with Crippen LogP contribution in [0.4, 0.5) is 0 Å². The Hall–Kier alpha value is -1.27. The number of halogens is 1. The van der Waals surface area contributed by atoms with E-state index in [-0.39, 0.29) is 0 Å². The van der Waals surface area contributed by atoms with Gasteiger partial charge in [0.2, 0.25) is 0 Å². The van der Waals surface area contributed by atoms with Crippen molar-refractivity contribution in [1.29, 1.82) is 0 Å². The number of allylic oxidation sites excluding steroid dienone is 1. The summed E-state index contributed by atoms with van der Waals surface area (Å²) in [4.78, 5) is 5.13. The Balaban J connectivity index is 1.42. The highest BCUT2D eigenvalue weighted by atomic mass is 35.5. The van der Waals surface area contributed by atoms with E-state index in [1.807, 2.05) is 12.1 Å². The van der Waals surface area contributed by atoms with Gasteiger partial charge in [-0.15, -0.1) is 0 Å². The summed E-state index contributed by atoms with van der Waals surface area (Å²) in [6, 6.07) is 9.09. The molecule has 3 heterocycles. The van der Waals surface area contributed by atoms with Crippen LogP contribution in [0.15, 0.2) is 36.2 Å². The van der Waals surface area contributed by atoms with E-state index in [9.17, 15) is 0 Å². The van der Waals surface area contributed by atoms with Crippen LogP contribution in [0.3, 0.4) is 0 Å². The number of nitrogens with zero attached hydrogens (tertiary/aromatic N) is 2. The Kier molecular flexibility index (Phi) is 4.57. The highest BCUT2D eigenvalue weighted by Gasteiger charge is 2.43. The minimum Gasteiger partial charge on any atom is -0.384 e. The van der Waals surface area contributed by atoms with Crippen molar-refractivity contribution in [2.45, 2.75) is 31.1 Å². The molecule has 0 radical (unpaired) electrons. The first-order valence-corrected chi connectivity index (χ1v) is 10.2. The fraction of sp³-hybridized carbons (Fsp3) is 0.600. The van der Waals surface area contributed by atoms with E-state index >= 15 is 0 Å². The van der Waals surface area contributed by atoms with E-state index in [0.717, 1.165) is 50.3 Å². The van der Waals surface area contributed by atoms with Gasteiger partial charge in [-0.2, -0.15) is 0 Å². The summed E-state index contributed by atoms with van der Waals surface area (Å²) in [5.41, 5.74) is 2.76. The van der Waals surface area contributed by atoms with Gasteiger partial charge in [0.25, 0.3) is 0 Å². The minimum absolute atomic E-state index is 0.316. The van der Waals surface area contributed by atoms with E-state index in [1.165, 1.54) is 24.1 Å². The number of morpholine rings is 1. The van der Waals surface area contributed by atoms with Crippen LogP contribution in [0, 0.1) is 5.92 Å². The molecule has 1 saturated carbocycles. The lowest BCUT2D eigenvalue weighted by atomic mass is 9.99. The molecule has 4 aliphatic rings. The lowest BCUT2D eigenvalue weighted by Crippen LogP contribution is -2.50. The molecule has 6 heteroatoms. The van der Waals surface area contributed by atoms with Gasteiger partial charge < -0.3 is 15.0 Å². The average molecular weight is 375 g/mol. The van der Waals surface area contributed by atoms with Gasteiger partial charge >= 0.3 is 0 Å². The molecular weight excluding hydrogens is 348 g/mol. The number of hydrogen-bond donors (Lipinski definition) is 2. The zero-order valence-corrected chi connectivity index (χ0v) is 15.8. The molecule has 1 aromatic carbocycles. The third kappa shape index (κ3) is 3.33. The SMILES string of the molecule is Clc1ccc(C2NC3CNC(C4CC4)=CN3C2CN2CCOCC2)cc1. The maximum absolute atomic E-state index is 6.12. The van der Waals surface area contributed by atoms with Crippen LogP contribution in [0.1, 0.15) is 24.4 Å². The standard InChI is InChI=1S/C20H27ClN4O/c21-16-5-3-15(4-6-16)20-18(13-24-7-9-26-10-8-24)25-12-17(14-1-2-14)22-11-19(25)23-20/h3-6,12,14,18-20,22-23H,1-2,7-11,13H2. The average Bonchev–Trinajstić information content (AvgIpc) is 3.47. The van der Waals surface area contributed by atoms with Crippen molar-refractivity contribution < 1.29 is 4.74 Å². The van der Waals surface area contributed by atoms with Crippen molar-refractivity contribution in [3.63, 3.8) is 0 Å². The predicted octanol–water partition coefficient (Wildman–Crippen LogP) is 2.17. The summed E-state index contributed by atoms with van der Waals surface area (Å²) in [7, 11) is 0. The quantitative estimate of drug-likeness (QED) is 0.845. The zero-order valence-electron chi connectivity index (χ0n) is 15.0. The largest absolute Gasteiger partial charge is 0.384 e. The van der Waals surface area contributed by atoms with Crippen LogP contribution < -0.4 is 10.6 Å². The molecule has 140 valence electrons. The minimum atomic E-state index is 0.316. The van der Waals surface area contributed by atoms with Gasteiger partial charge in [-0.05, 0) is 30.5 Å². The van der Waals surface area contributed by atoms with E-state index in [1.54, 1.807) is 0 Å². The van der Waals surface area contributed by atoms with Crippen LogP contribution in [-0.4, -0.2) is 61.4 Å². The van der Waals surface area contributed by atoms with Gasteiger partial charge in [0.1, 0.15) is 0 Å². The number of rotatable bonds is 4. The Morgan fingerprint density at radius 2 is 1.88 bits per heavy atom. The molecule has 3 unspecified atom stereocenters. The van der Waals surface area contributed by atoms with Crippen LogP contribution >= 0.6 is 11.6 Å². The molecule has 0 bridgehead atoms. The number of hydrogen-bond acceptors (Lipinski definition) is 5. The molecular formula is C20H27ClN4O. The van der Waals surface area contributed by atoms with Crippen molar-refractivity contribution in [1.82, 2.24) is 20.4 Å². The number of nitrogens with one attached hydrogen (secondary N) is 2. The third-order valence-corrected chi connectivity index (χ3v) is 6.33. The van der Waals surface area contributed by atoms with Crippen molar-refractivity contribution in [2.75, 3.05) is 39.4 Å². The smallest absolute Gasteiger partial charge is 0.0976 e. The molecule has 3 fully saturated rings. The predicted molar refractivity (Wildman–Crippen MR) is 103 cm³/mol. The lowest BCUT2D eigenvalue weighted by Gasteiger charge is -2.37. The molecule has 5 rings (SSSR count). The molecule has 0 aromatic heterocycles. The second kappa shape index (κ2) is 7.04. The highest BCUT2D eigenvalue weighted by molar-refractivity contribution is 6.30. The van der Waals surface area contributed by atoms with E-state index in [0.29, 0.717) is 18.2 Å². The summed E-state index contributed by atoms with van der Waals surface area (Å²) in [6.45, 7) is 5.79. The number of benzene rings is 1. The summed E-state index contributed by atoms with van der Waals surface area (Å²) < 4.78 is 5.54. The van der Waals surface area contributed by atoms with Crippen LogP contribution in [0.2, 0.25) is 5.02 Å². The maximum atomic E-state index is 6.12. The Morgan fingerprint density at radius 3 is 2.62 bits per heavy atom. The normalized spacial score (nSPS) is 32.1. The van der Waals surface area contributed by atoms with Crippen molar-refractivity contribution >= 4 is 11.6 Å². The fourth-order valence-electron chi connectivity index (χ4n) is 4.46. The molecule has 2 saturated heterocycles. The van der Waals surface area contributed by atoms with E-state index < -0.39 is 0 Å². The molecule has 3 aliphatic heterocycles. The summed E-state index contributed by atoms with van der Waals surface area (Å²) in [5.74, 6) is 0.759. The second-order valence-corrected chi connectivity index (χ2v) is 8.32. The maximum Gasteiger partial charge on any atom is 0.0976 e. The van der Waals surface area contributed by atoms with Crippen molar-refractivity contribution in [2.24, 2.45) is 5.92 Å². The van der Waals surface area contributed by atoms with Crippen LogP contribution in [0.5, 0.6) is 0 Å². The van der Waals surface area contributed by atoms with Gasteiger partial charge in [0.15, 0.2) is 0 Å². The molecule has 1 aromatic rings. The van der Waals surface area contributed by atoms with Gasteiger partial charge in [-0.3, -0.25) is 10.2 Å². The van der Waals surface area contributed by atoms with Crippen molar-refractivity contribution in [3.05, 3.63) is 46.7 Å². The second-order valence-electron chi connectivity index (χ2n) is 7.88. The lowest BCUT2D eigenvalue weighted by molar-refractivity contribution is 0.0268. The van der Waals surface area contributed by atoms with E-state index in [2.05, 4.69) is 38.8 Å². The monoisotopic (exact) mass is 374 g/mol. The molecule has 5 nitrogen and oxygen atoms in total. The summed E-state index contributed by atoms with van der Waals surface area (Å²) >= 11 is 6.12. The summed E-state index contributed by atoms with van der Waals surface area (Å²) in [6.07, 6.45) is 5.42. The Morgan fingerprint density at radius 1 is 1.12 bits per heavy atom. The highest BCUT2D eigenvalue weighted by Crippen LogP contribution is 2.39. The Labute approximate surface area is 160 Å². The molecule has 0 spiro atoms. The van der Waals surface area contributed by atoms with Gasteiger partial charge in [0.05, 0.1) is 31.5 Å². The van der Waals surface area contributed by atoms with Crippen LogP contribution in [-0.2, 0) is 4.74 Å². The molecule has 0 amide bonds. The molecule has 3 atom stereocenters. The third-order valence-electron chi connectivity index (χ3n) is 6.08. The van der Waals surface area contributed by atoms with Gasteiger partial charge in [-0.1, -0.05) is 23.7 Å². The molecule has 1 aliphatic carbocycles. The molecule has 2 N–H and O–H groups in total. The van der Waals surface area contributed by atoms with Gasteiger partial charge in [0, 0.05) is 49.0 Å². The van der Waals surface area contributed by atoms with Crippen molar-refractivity contribution in [3.8, 4) is 0 Å². The number of fused-ring (bicyclic) bond motifs is 1. The number of ether oxygens (including phenoxy) is 1. The zero-order chi connectivity index (χ0) is 17.5. The summed E-state index contributed by atoms with van der Waals surface area (Å²) in [5, 5.41) is 8.32. The van der Waals surface area contributed by atoms with E-state index in [4.69, 9.17) is 16.3 Å². The topological polar surface area (TPSA) is 39.8 Å². The first-order valence-electron chi connectivity index (χ1n) is 9.82. The van der Waals surface area contributed by atoms with Gasteiger partial charge in [-0.25, -0.2) is 0 Å². The Bertz CT molecular complexity index is 669.